The minimum Gasteiger partial charge on any atom is -0.366 e. The summed E-state index contributed by atoms with van der Waals surface area (Å²) in [7, 11) is 0. The third-order valence-electron chi connectivity index (χ3n) is 4.36. The van der Waals surface area contributed by atoms with Crippen LogP contribution in [0.2, 0.25) is 0 Å². The molecule has 1 atom stereocenters. The van der Waals surface area contributed by atoms with Crippen LogP contribution in [0.5, 0.6) is 0 Å². The number of benzene rings is 2. The standard InChI is InChI=1S/C17H13NO3/c19-15-12-6-2-3-7-13(12)16(20)18(15)17(21)10-9-11-5-1-4-8-14(11)17/h1-8,21H,9-10H2. The Morgan fingerprint density at radius 1 is 0.905 bits per heavy atom. The fourth-order valence-corrected chi connectivity index (χ4v) is 3.33. The largest absolute Gasteiger partial charge is 0.366 e. The average Bonchev–Trinajstić information content (AvgIpc) is 2.98. The van der Waals surface area contributed by atoms with Crippen LogP contribution in [0.4, 0.5) is 0 Å². The first kappa shape index (κ1) is 12.3. The van der Waals surface area contributed by atoms with Crippen LogP contribution in [-0.4, -0.2) is 21.8 Å². The van der Waals surface area contributed by atoms with Crippen molar-refractivity contribution in [3.8, 4) is 0 Å². The highest BCUT2D eigenvalue weighted by Crippen LogP contribution is 2.43. The molecule has 1 aliphatic carbocycles. The van der Waals surface area contributed by atoms with Gasteiger partial charge in [-0.05, 0) is 24.1 Å². The van der Waals surface area contributed by atoms with E-state index in [9.17, 15) is 14.7 Å². The van der Waals surface area contributed by atoms with Crippen LogP contribution in [0.3, 0.4) is 0 Å². The number of aliphatic hydroxyl groups is 1. The van der Waals surface area contributed by atoms with E-state index < -0.39 is 17.5 Å². The lowest BCUT2D eigenvalue weighted by molar-refractivity contribution is -0.0724. The summed E-state index contributed by atoms with van der Waals surface area (Å²) in [6, 6.07) is 14.1. The first-order valence-corrected chi connectivity index (χ1v) is 6.91. The molecule has 21 heavy (non-hydrogen) atoms. The van der Waals surface area contributed by atoms with Crippen molar-refractivity contribution in [2.75, 3.05) is 0 Å². The summed E-state index contributed by atoms with van der Waals surface area (Å²) in [4.78, 5) is 26.1. The Hall–Kier alpha value is -2.46. The molecule has 0 aromatic heterocycles. The molecule has 4 heteroatoms. The summed E-state index contributed by atoms with van der Waals surface area (Å²) in [5.74, 6) is -0.843. The van der Waals surface area contributed by atoms with E-state index in [1.165, 1.54) is 0 Å². The number of imide groups is 1. The molecule has 2 aromatic carbocycles. The summed E-state index contributed by atoms with van der Waals surface area (Å²) in [6.45, 7) is 0. The van der Waals surface area contributed by atoms with E-state index in [1.807, 2.05) is 18.2 Å². The van der Waals surface area contributed by atoms with Gasteiger partial charge in [0, 0.05) is 12.0 Å². The van der Waals surface area contributed by atoms with Crippen LogP contribution in [0.15, 0.2) is 48.5 Å². The second-order valence-electron chi connectivity index (χ2n) is 5.47. The highest BCUT2D eigenvalue weighted by atomic mass is 16.3. The minimum atomic E-state index is -1.54. The van der Waals surface area contributed by atoms with Crippen LogP contribution >= 0.6 is 0 Å². The van der Waals surface area contributed by atoms with Crippen molar-refractivity contribution < 1.29 is 14.7 Å². The Morgan fingerprint density at radius 2 is 1.48 bits per heavy atom. The highest BCUT2D eigenvalue weighted by Gasteiger charge is 2.51. The molecule has 1 heterocycles. The number of carbonyl (C=O) groups excluding carboxylic acids is 2. The average molecular weight is 279 g/mol. The van der Waals surface area contributed by atoms with Gasteiger partial charge in [-0.15, -0.1) is 0 Å². The van der Waals surface area contributed by atoms with Gasteiger partial charge in [-0.3, -0.25) is 9.59 Å². The van der Waals surface area contributed by atoms with Gasteiger partial charge >= 0.3 is 0 Å². The monoisotopic (exact) mass is 279 g/mol. The lowest BCUT2D eigenvalue weighted by Crippen LogP contribution is -2.48. The quantitative estimate of drug-likeness (QED) is 0.813. The molecule has 4 nitrogen and oxygen atoms in total. The van der Waals surface area contributed by atoms with Crippen molar-refractivity contribution in [1.82, 2.24) is 4.90 Å². The first-order chi connectivity index (χ1) is 10.1. The number of amides is 2. The number of carbonyl (C=O) groups is 2. The summed E-state index contributed by atoms with van der Waals surface area (Å²) in [6.07, 6.45) is 0.998. The van der Waals surface area contributed by atoms with Crippen LogP contribution in [0, 0.1) is 0 Å². The Bertz CT molecular complexity index is 748. The molecule has 0 fully saturated rings. The number of hydrogen-bond donors (Lipinski definition) is 1. The van der Waals surface area contributed by atoms with Crippen LogP contribution < -0.4 is 0 Å². The third-order valence-corrected chi connectivity index (χ3v) is 4.36. The number of rotatable bonds is 1. The SMILES string of the molecule is O=C1c2ccccc2C(=O)N1C1(O)CCc2ccccc21. The Kier molecular flexibility index (Phi) is 2.35. The normalized spacial score (nSPS) is 23.4. The van der Waals surface area contributed by atoms with Gasteiger partial charge in [0.1, 0.15) is 0 Å². The fourth-order valence-electron chi connectivity index (χ4n) is 3.33. The zero-order valence-electron chi connectivity index (χ0n) is 11.2. The molecule has 0 bridgehead atoms. The van der Waals surface area contributed by atoms with E-state index in [2.05, 4.69) is 0 Å². The topological polar surface area (TPSA) is 57.6 Å². The third kappa shape index (κ3) is 1.48. The molecule has 2 aromatic rings. The Labute approximate surface area is 121 Å². The fraction of sp³-hybridized carbons (Fsp3) is 0.176. The van der Waals surface area contributed by atoms with E-state index in [0.717, 1.165) is 10.5 Å². The van der Waals surface area contributed by atoms with Crippen molar-refractivity contribution in [3.05, 3.63) is 70.8 Å². The predicted molar refractivity (Wildman–Crippen MR) is 75.6 cm³/mol. The number of hydrogen-bond acceptors (Lipinski definition) is 3. The minimum absolute atomic E-state index is 0.345. The maximum Gasteiger partial charge on any atom is 0.264 e. The molecule has 104 valence electrons. The smallest absolute Gasteiger partial charge is 0.264 e. The zero-order chi connectivity index (χ0) is 14.6. The molecule has 1 unspecified atom stereocenters. The lowest BCUT2D eigenvalue weighted by Gasteiger charge is -2.32. The molecule has 2 amide bonds. The van der Waals surface area contributed by atoms with Crippen molar-refractivity contribution in [1.29, 1.82) is 0 Å². The summed E-state index contributed by atoms with van der Waals surface area (Å²) < 4.78 is 0. The zero-order valence-corrected chi connectivity index (χ0v) is 11.2. The second-order valence-corrected chi connectivity index (χ2v) is 5.47. The highest BCUT2D eigenvalue weighted by molar-refractivity contribution is 6.21. The number of nitrogens with zero attached hydrogens (tertiary/aromatic N) is 1. The van der Waals surface area contributed by atoms with E-state index in [4.69, 9.17) is 0 Å². The summed E-state index contributed by atoms with van der Waals surface area (Å²) >= 11 is 0. The van der Waals surface area contributed by atoms with Gasteiger partial charge in [0.2, 0.25) is 0 Å². The molecule has 1 aliphatic heterocycles. The molecular formula is C17H13NO3. The Balaban J connectivity index is 1.86. The van der Waals surface area contributed by atoms with E-state index in [-0.39, 0.29) is 0 Å². The number of aryl methyl sites for hydroxylation is 1. The second kappa shape index (κ2) is 4.02. The molecule has 0 radical (unpaired) electrons. The van der Waals surface area contributed by atoms with Gasteiger partial charge in [0.15, 0.2) is 5.72 Å². The van der Waals surface area contributed by atoms with Crippen LogP contribution in [0.25, 0.3) is 0 Å². The van der Waals surface area contributed by atoms with Crippen molar-refractivity contribution >= 4 is 11.8 Å². The van der Waals surface area contributed by atoms with Crippen molar-refractivity contribution in [3.63, 3.8) is 0 Å². The van der Waals surface area contributed by atoms with Gasteiger partial charge in [-0.2, -0.15) is 0 Å². The van der Waals surface area contributed by atoms with Gasteiger partial charge in [-0.1, -0.05) is 36.4 Å². The van der Waals surface area contributed by atoms with Gasteiger partial charge in [-0.25, -0.2) is 4.90 Å². The first-order valence-electron chi connectivity index (χ1n) is 6.91. The van der Waals surface area contributed by atoms with E-state index >= 15 is 0 Å². The predicted octanol–water partition coefficient (Wildman–Crippen LogP) is 2.07. The molecule has 0 saturated heterocycles. The molecule has 2 aliphatic rings. The van der Waals surface area contributed by atoms with E-state index in [0.29, 0.717) is 29.5 Å². The van der Waals surface area contributed by atoms with Gasteiger partial charge in [0.05, 0.1) is 11.1 Å². The maximum absolute atomic E-state index is 12.6. The molecule has 4 rings (SSSR count). The molecule has 0 saturated carbocycles. The van der Waals surface area contributed by atoms with Crippen LogP contribution in [-0.2, 0) is 12.1 Å². The van der Waals surface area contributed by atoms with Crippen LogP contribution in [0.1, 0.15) is 38.3 Å². The lowest BCUT2D eigenvalue weighted by atomic mass is 10.0. The van der Waals surface area contributed by atoms with Crippen molar-refractivity contribution in [2.24, 2.45) is 0 Å². The van der Waals surface area contributed by atoms with Gasteiger partial charge < -0.3 is 5.11 Å². The molecule has 0 spiro atoms. The maximum atomic E-state index is 12.6. The van der Waals surface area contributed by atoms with E-state index in [1.54, 1.807) is 30.3 Å². The summed E-state index contributed by atoms with van der Waals surface area (Å²) in [5, 5.41) is 11.0. The number of fused-ring (bicyclic) bond motifs is 2. The summed E-state index contributed by atoms with van der Waals surface area (Å²) in [5.41, 5.74) is 0.820. The van der Waals surface area contributed by atoms with Gasteiger partial charge in [0.25, 0.3) is 11.8 Å². The molecular weight excluding hydrogens is 266 g/mol. The van der Waals surface area contributed by atoms with Crippen molar-refractivity contribution in [2.45, 2.75) is 18.6 Å². The molecule has 1 N–H and O–H groups in total. The Morgan fingerprint density at radius 3 is 2.14 bits per heavy atom.